The number of rotatable bonds is 4. The Kier molecular flexibility index (Phi) is 5.02. The molecule has 1 amide bonds. The summed E-state index contributed by atoms with van der Waals surface area (Å²) in [7, 11) is 0. The van der Waals surface area contributed by atoms with Gasteiger partial charge < -0.3 is 9.58 Å². The van der Waals surface area contributed by atoms with Gasteiger partial charge in [0, 0.05) is 11.3 Å². The third-order valence-electron chi connectivity index (χ3n) is 2.01. The van der Waals surface area contributed by atoms with Crippen LogP contribution in [0.2, 0.25) is 0 Å². The number of carbonyl (C=O) groups is 1. The van der Waals surface area contributed by atoms with Crippen molar-refractivity contribution in [2.75, 3.05) is 11.9 Å². The predicted molar refractivity (Wildman–Crippen MR) is 66.6 cm³/mol. The highest BCUT2D eigenvalue weighted by molar-refractivity contribution is 5.84. The van der Waals surface area contributed by atoms with Crippen molar-refractivity contribution >= 4 is 11.8 Å². The predicted octanol–water partition coefficient (Wildman–Crippen LogP) is 3.31. The van der Waals surface area contributed by atoms with Crippen molar-refractivity contribution in [1.29, 1.82) is 0 Å². The number of amides is 1. The maximum absolute atomic E-state index is 11.3. The van der Waals surface area contributed by atoms with Crippen LogP contribution in [0.15, 0.2) is 24.3 Å². The quantitative estimate of drug-likeness (QED) is 0.809. The Balaban J connectivity index is 2.46. The zero-order chi connectivity index (χ0) is 12.7. The number of carbonyl (C=O) groups excluding carboxylic acids is 1. The van der Waals surface area contributed by atoms with E-state index >= 15 is 0 Å². The van der Waals surface area contributed by atoms with Crippen molar-refractivity contribution in [2.45, 2.75) is 20.4 Å². The number of ether oxygens (including phenoxy) is 1. The molecule has 0 atom stereocenters. The lowest BCUT2D eigenvalue weighted by atomic mass is 10.2. The maximum atomic E-state index is 11.3. The summed E-state index contributed by atoms with van der Waals surface area (Å²) in [6.07, 6.45) is -0.448. The van der Waals surface area contributed by atoms with E-state index in [-0.39, 0.29) is 0 Å². The summed E-state index contributed by atoms with van der Waals surface area (Å²) in [5.41, 5.74) is 1.61. The first-order chi connectivity index (χ1) is 8.11. The van der Waals surface area contributed by atoms with Crippen LogP contribution >= 0.6 is 0 Å². The van der Waals surface area contributed by atoms with Crippen molar-refractivity contribution in [3.05, 3.63) is 41.2 Å². The number of hydrogen-bond donors (Lipinski definition) is 1. The number of benzene rings is 1. The highest BCUT2D eigenvalue weighted by Gasteiger charge is 2.04. The second kappa shape index (κ2) is 6.54. The Morgan fingerprint density at radius 1 is 1.41 bits per heavy atom. The number of nitrogens with zero attached hydrogens (tertiary/aromatic N) is 1. The smallest absolute Gasteiger partial charge is 0.411 e. The van der Waals surface area contributed by atoms with Gasteiger partial charge in [-0.25, -0.2) is 11.4 Å². The summed E-state index contributed by atoms with van der Waals surface area (Å²) in [5.74, 6) is 0.321. The Labute approximate surface area is 101 Å². The lowest BCUT2D eigenvalue weighted by molar-refractivity contribution is 0.147. The molecule has 1 aromatic carbocycles. The Morgan fingerprint density at radius 3 is 2.59 bits per heavy atom. The van der Waals surface area contributed by atoms with Crippen LogP contribution in [0.1, 0.15) is 19.4 Å². The van der Waals surface area contributed by atoms with E-state index in [0.29, 0.717) is 24.8 Å². The van der Waals surface area contributed by atoms with Crippen LogP contribution in [0.5, 0.6) is 0 Å². The fourth-order valence-electron chi connectivity index (χ4n) is 1.18. The number of nitrogens with one attached hydrogen (secondary N) is 1. The Bertz CT molecular complexity index is 404. The zero-order valence-corrected chi connectivity index (χ0v) is 10.1. The largest absolute Gasteiger partial charge is 0.449 e. The molecule has 0 heterocycles. The van der Waals surface area contributed by atoms with Gasteiger partial charge in [0.25, 0.3) is 0 Å². The van der Waals surface area contributed by atoms with Crippen molar-refractivity contribution in [3.8, 4) is 0 Å². The van der Waals surface area contributed by atoms with E-state index in [1.807, 2.05) is 26.0 Å². The van der Waals surface area contributed by atoms with E-state index in [0.717, 1.165) is 5.56 Å². The lowest BCUT2D eigenvalue weighted by Gasteiger charge is -2.08. The van der Waals surface area contributed by atoms with Crippen LogP contribution in [-0.4, -0.2) is 12.7 Å². The molecule has 0 aliphatic rings. The van der Waals surface area contributed by atoms with E-state index < -0.39 is 6.09 Å². The molecule has 4 nitrogen and oxygen atoms in total. The Morgan fingerprint density at radius 2 is 2.06 bits per heavy atom. The monoisotopic (exact) mass is 232 g/mol. The van der Waals surface area contributed by atoms with Crippen molar-refractivity contribution in [2.24, 2.45) is 5.92 Å². The summed E-state index contributed by atoms with van der Waals surface area (Å²) in [6, 6.07) is 7.15. The molecule has 0 bridgehead atoms. The van der Waals surface area contributed by atoms with Crippen LogP contribution in [0.25, 0.3) is 4.85 Å². The van der Waals surface area contributed by atoms with Gasteiger partial charge in [0.05, 0.1) is 6.61 Å². The van der Waals surface area contributed by atoms with Crippen molar-refractivity contribution in [3.63, 3.8) is 0 Å². The summed E-state index contributed by atoms with van der Waals surface area (Å²) in [4.78, 5) is 14.6. The summed E-state index contributed by atoms with van der Waals surface area (Å²) < 4.78 is 4.99. The highest BCUT2D eigenvalue weighted by atomic mass is 16.5. The molecule has 90 valence electrons. The molecule has 1 rings (SSSR count). The molecule has 0 unspecified atom stereocenters. The van der Waals surface area contributed by atoms with Crippen LogP contribution in [-0.2, 0) is 11.3 Å². The molecule has 1 aromatic rings. The molecule has 17 heavy (non-hydrogen) atoms. The van der Waals surface area contributed by atoms with Crippen molar-refractivity contribution in [1.82, 2.24) is 0 Å². The molecule has 0 fully saturated rings. The van der Waals surface area contributed by atoms with Crippen LogP contribution in [0.4, 0.5) is 10.5 Å². The molecule has 0 aliphatic carbocycles. The Hall–Kier alpha value is -2.02. The number of anilines is 1. The van der Waals surface area contributed by atoms with Crippen molar-refractivity contribution < 1.29 is 9.53 Å². The molecule has 0 saturated heterocycles. The molecule has 0 saturated carbocycles. The first-order valence-corrected chi connectivity index (χ1v) is 5.47. The van der Waals surface area contributed by atoms with E-state index in [1.165, 1.54) is 0 Å². The molecule has 0 aromatic heterocycles. The molecule has 0 spiro atoms. The van der Waals surface area contributed by atoms with Gasteiger partial charge in [0.1, 0.15) is 0 Å². The van der Waals surface area contributed by atoms with E-state index in [2.05, 4.69) is 10.2 Å². The van der Waals surface area contributed by atoms with Crippen LogP contribution in [0.3, 0.4) is 0 Å². The SMILES string of the molecule is [C-]#[N+]Cc1ccc(NC(=O)OCC(C)C)cc1. The van der Waals surface area contributed by atoms with Crippen LogP contribution < -0.4 is 5.32 Å². The van der Waals surface area contributed by atoms with Gasteiger partial charge in [-0.05, 0) is 30.2 Å². The fourth-order valence-corrected chi connectivity index (χ4v) is 1.18. The van der Waals surface area contributed by atoms with Gasteiger partial charge in [0.15, 0.2) is 0 Å². The van der Waals surface area contributed by atoms with E-state index in [1.54, 1.807) is 12.1 Å². The fraction of sp³-hybridized carbons (Fsp3) is 0.385. The average molecular weight is 232 g/mol. The highest BCUT2D eigenvalue weighted by Crippen LogP contribution is 2.10. The summed E-state index contributed by atoms with van der Waals surface area (Å²) in [6.45, 7) is 11.5. The van der Waals surface area contributed by atoms with Gasteiger partial charge in [-0.1, -0.05) is 13.8 Å². The standard InChI is InChI=1S/C13H16N2O2/c1-10(2)9-17-13(16)15-12-6-4-11(5-7-12)8-14-3/h4-7,10H,8-9H2,1-2H3,(H,15,16). The molecule has 1 N–H and O–H groups in total. The lowest BCUT2D eigenvalue weighted by Crippen LogP contribution is -2.16. The average Bonchev–Trinajstić information content (AvgIpc) is 2.29. The minimum atomic E-state index is -0.448. The van der Waals surface area contributed by atoms with E-state index in [9.17, 15) is 4.79 Å². The first kappa shape index (κ1) is 13.0. The zero-order valence-electron chi connectivity index (χ0n) is 10.1. The third kappa shape index (κ3) is 5.03. The maximum Gasteiger partial charge on any atom is 0.411 e. The van der Waals surface area contributed by atoms with Gasteiger partial charge in [-0.15, -0.1) is 0 Å². The van der Waals surface area contributed by atoms with Gasteiger partial charge in [-0.2, -0.15) is 0 Å². The molecule has 0 radical (unpaired) electrons. The van der Waals surface area contributed by atoms with Gasteiger partial charge >= 0.3 is 6.09 Å². The molecular weight excluding hydrogens is 216 g/mol. The minimum absolute atomic E-state index is 0.321. The summed E-state index contributed by atoms with van der Waals surface area (Å²) in [5, 5.41) is 2.63. The second-order valence-electron chi connectivity index (χ2n) is 4.13. The topological polar surface area (TPSA) is 42.7 Å². The van der Waals surface area contributed by atoms with Crippen LogP contribution in [0, 0.1) is 12.5 Å². The third-order valence-corrected chi connectivity index (χ3v) is 2.01. The van der Waals surface area contributed by atoms with E-state index in [4.69, 9.17) is 11.3 Å². The van der Waals surface area contributed by atoms with Gasteiger partial charge in [-0.3, -0.25) is 5.32 Å². The normalized spacial score (nSPS) is 9.76. The number of hydrogen-bond acceptors (Lipinski definition) is 2. The first-order valence-electron chi connectivity index (χ1n) is 5.47. The second-order valence-corrected chi connectivity index (χ2v) is 4.13. The van der Waals surface area contributed by atoms with Gasteiger partial charge in [0.2, 0.25) is 6.54 Å². The molecular formula is C13H16N2O2. The summed E-state index contributed by atoms with van der Waals surface area (Å²) >= 11 is 0. The molecule has 4 heteroatoms. The minimum Gasteiger partial charge on any atom is -0.449 e. The molecule has 0 aliphatic heterocycles.